The van der Waals surface area contributed by atoms with Crippen molar-refractivity contribution >= 4 is 24.1 Å². The van der Waals surface area contributed by atoms with Crippen LogP contribution in [0.2, 0.25) is 0 Å². The molecule has 0 aliphatic heterocycles. The van der Waals surface area contributed by atoms with Crippen LogP contribution in [-0.2, 0) is 0 Å². The molecule has 2 heteroatoms. The van der Waals surface area contributed by atoms with Crippen LogP contribution in [0.1, 0.15) is 6.92 Å². The van der Waals surface area contributed by atoms with E-state index in [0.717, 1.165) is 12.4 Å². The topological polar surface area (TPSA) is 9.23 Å². The van der Waals surface area contributed by atoms with E-state index in [1.165, 1.54) is 9.65 Å². The van der Waals surface area contributed by atoms with Crippen molar-refractivity contribution in [2.24, 2.45) is 0 Å². The number of hydrogen-bond donors (Lipinski definition) is 0. The summed E-state index contributed by atoms with van der Waals surface area (Å²) in [6.07, 6.45) is 0. The first-order valence-corrected chi connectivity index (χ1v) is 5.85. The molecule has 0 atom stereocenters. The van der Waals surface area contributed by atoms with Crippen LogP contribution in [0.5, 0.6) is 5.75 Å². The zero-order valence-corrected chi connectivity index (χ0v) is 8.62. The number of hydrogen-bond acceptors (Lipinski definition) is 1. The molecule has 1 aromatic heterocycles. The Morgan fingerprint density at radius 1 is 1.33 bits per heavy atom. The van der Waals surface area contributed by atoms with E-state index in [4.69, 9.17) is 4.74 Å². The van der Waals surface area contributed by atoms with Gasteiger partial charge < -0.3 is 0 Å². The molecule has 2 rings (SSSR count). The first kappa shape index (κ1) is 7.90. The molecule has 0 saturated carbocycles. The predicted octanol–water partition coefficient (Wildman–Crippen LogP) is 2.30. The van der Waals surface area contributed by atoms with Gasteiger partial charge in [-0.2, -0.15) is 0 Å². The van der Waals surface area contributed by atoms with Gasteiger partial charge in [0.15, 0.2) is 0 Å². The second-order valence-electron chi connectivity index (χ2n) is 2.55. The molecule has 62 valence electrons. The molecular formula is C10H10OSe. The van der Waals surface area contributed by atoms with Crippen molar-refractivity contribution in [2.45, 2.75) is 6.92 Å². The van der Waals surface area contributed by atoms with Gasteiger partial charge >= 0.3 is 77.4 Å². The van der Waals surface area contributed by atoms with Gasteiger partial charge in [-0.15, -0.1) is 0 Å². The molecule has 0 aliphatic carbocycles. The van der Waals surface area contributed by atoms with Crippen LogP contribution in [0.3, 0.4) is 0 Å². The average molecular weight is 225 g/mol. The van der Waals surface area contributed by atoms with Gasteiger partial charge in [0.25, 0.3) is 0 Å². The van der Waals surface area contributed by atoms with Crippen molar-refractivity contribution in [1.29, 1.82) is 0 Å². The Kier molecular flexibility index (Phi) is 2.20. The zero-order chi connectivity index (χ0) is 8.39. The van der Waals surface area contributed by atoms with Gasteiger partial charge in [0.2, 0.25) is 0 Å². The molecule has 0 radical (unpaired) electrons. The van der Waals surface area contributed by atoms with E-state index < -0.39 is 0 Å². The van der Waals surface area contributed by atoms with Crippen molar-refractivity contribution in [3.8, 4) is 5.75 Å². The third-order valence-electron chi connectivity index (χ3n) is 1.74. The summed E-state index contributed by atoms with van der Waals surface area (Å²) in [7, 11) is 0. The molecule has 12 heavy (non-hydrogen) atoms. The van der Waals surface area contributed by atoms with Gasteiger partial charge in [-0.25, -0.2) is 0 Å². The normalized spacial score (nSPS) is 10.4. The first-order valence-electron chi connectivity index (χ1n) is 4.00. The van der Waals surface area contributed by atoms with Crippen LogP contribution in [0.25, 0.3) is 9.65 Å². The fourth-order valence-electron chi connectivity index (χ4n) is 1.19. The summed E-state index contributed by atoms with van der Waals surface area (Å²) in [5.41, 5.74) is 0. The van der Waals surface area contributed by atoms with Crippen LogP contribution in [-0.4, -0.2) is 21.1 Å². The summed E-state index contributed by atoms with van der Waals surface area (Å²) in [4.78, 5) is 2.24. The van der Waals surface area contributed by atoms with Crippen molar-refractivity contribution < 1.29 is 4.74 Å². The van der Waals surface area contributed by atoms with E-state index in [0.29, 0.717) is 14.5 Å². The third-order valence-corrected chi connectivity index (χ3v) is 3.58. The van der Waals surface area contributed by atoms with E-state index in [9.17, 15) is 0 Å². The fourth-order valence-corrected chi connectivity index (χ4v) is 2.91. The van der Waals surface area contributed by atoms with E-state index in [1.807, 2.05) is 13.0 Å². The molecule has 0 saturated heterocycles. The molecule has 0 bridgehead atoms. The Morgan fingerprint density at radius 3 is 3.08 bits per heavy atom. The van der Waals surface area contributed by atoms with Crippen LogP contribution < -0.4 is 4.74 Å². The van der Waals surface area contributed by atoms with Gasteiger partial charge in [-0.1, -0.05) is 0 Å². The number of benzene rings is 1. The first-order chi connectivity index (χ1) is 5.90. The monoisotopic (exact) mass is 226 g/mol. The summed E-state index contributed by atoms with van der Waals surface area (Å²) >= 11 is 0.530. The maximum absolute atomic E-state index is 5.41. The Hall–Kier alpha value is -0.721. The molecule has 1 heterocycles. The van der Waals surface area contributed by atoms with Crippen molar-refractivity contribution in [3.05, 3.63) is 29.2 Å². The standard InChI is InChI=1S/C10H10OSe/c1-2-11-9-4-3-8-5-6-12-10(8)7-9/h3-7H,2H2,1H3. The molecule has 0 spiro atoms. The summed E-state index contributed by atoms with van der Waals surface area (Å²) in [6.45, 7) is 2.76. The average Bonchev–Trinajstić information content (AvgIpc) is 2.51. The van der Waals surface area contributed by atoms with Crippen LogP contribution in [0, 0.1) is 0 Å². The predicted molar refractivity (Wildman–Crippen MR) is 52.1 cm³/mol. The van der Waals surface area contributed by atoms with E-state index >= 15 is 0 Å². The zero-order valence-electron chi connectivity index (χ0n) is 6.91. The fraction of sp³-hybridized carbons (Fsp3) is 0.200. The number of rotatable bonds is 2. The molecular weight excluding hydrogens is 215 g/mol. The number of fused-ring (bicyclic) bond motifs is 1. The van der Waals surface area contributed by atoms with Gasteiger partial charge in [0.05, 0.1) is 0 Å². The second kappa shape index (κ2) is 3.34. The summed E-state index contributed by atoms with van der Waals surface area (Å²) < 4.78 is 6.85. The minimum absolute atomic E-state index is 0.530. The molecule has 0 aliphatic rings. The van der Waals surface area contributed by atoms with Crippen LogP contribution >= 0.6 is 0 Å². The molecule has 0 unspecified atom stereocenters. The Labute approximate surface area is 77.7 Å². The molecule has 0 N–H and O–H groups in total. The van der Waals surface area contributed by atoms with E-state index in [-0.39, 0.29) is 0 Å². The second-order valence-corrected chi connectivity index (χ2v) is 4.54. The summed E-state index contributed by atoms with van der Waals surface area (Å²) in [5, 5.41) is 1.36. The van der Waals surface area contributed by atoms with Crippen molar-refractivity contribution in [3.63, 3.8) is 0 Å². The minimum atomic E-state index is 0.530. The van der Waals surface area contributed by atoms with Gasteiger partial charge in [0.1, 0.15) is 0 Å². The van der Waals surface area contributed by atoms with Crippen LogP contribution in [0.15, 0.2) is 29.2 Å². The van der Waals surface area contributed by atoms with Gasteiger partial charge in [0, 0.05) is 0 Å². The van der Waals surface area contributed by atoms with Crippen molar-refractivity contribution in [1.82, 2.24) is 0 Å². The van der Waals surface area contributed by atoms with Crippen molar-refractivity contribution in [2.75, 3.05) is 6.61 Å². The molecule has 2 aromatic rings. The molecule has 0 fully saturated rings. The van der Waals surface area contributed by atoms with Crippen LogP contribution in [0.4, 0.5) is 0 Å². The molecule has 1 nitrogen and oxygen atoms in total. The Bertz CT molecular complexity index is 378. The third kappa shape index (κ3) is 1.40. The number of ether oxygens (including phenoxy) is 1. The summed E-state index contributed by atoms with van der Waals surface area (Å²) in [6, 6.07) is 8.50. The van der Waals surface area contributed by atoms with Gasteiger partial charge in [-0.3, -0.25) is 0 Å². The quantitative estimate of drug-likeness (QED) is 0.712. The molecule has 0 amide bonds. The Morgan fingerprint density at radius 2 is 2.25 bits per heavy atom. The summed E-state index contributed by atoms with van der Waals surface area (Å²) in [5.74, 6) is 1.00. The maximum atomic E-state index is 5.41. The SMILES string of the molecule is CCOc1ccc2cc[se]c2c1. The van der Waals surface area contributed by atoms with E-state index in [1.54, 1.807) is 0 Å². The van der Waals surface area contributed by atoms with Gasteiger partial charge in [-0.05, 0) is 0 Å². The Balaban J connectivity index is 2.46. The van der Waals surface area contributed by atoms with E-state index in [2.05, 4.69) is 23.1 Å². The molecule has 1 aromatic carbocycles.